The normalized spacial score (nSPS) is 10.2. The van der Waals surface area contributed by atoms with E-state index in [9.17, 15) is 0 Å². The van der Waals surface area contributed by atoms with E-state index in [2.05, 4.69) is 114 Å². The van der Waals surface area contributed by atoms with Crippen molar-refractivity contribution >= 4 is 98.2 Å². The Morgan fingerprint density at radius 2 is 1.03 bits per heavy atom. The Morgan fingerprint density at radius 1 is 0.403 bits per heavy atom. The van der Waals surface area contributed by atoms with Crippen LogP contribution in [0.1, 0.15) is 0 Å². The van der Waals surface area contributed by atoms with Gasteiger partial charge in [0.2, 0.25) is 0 Å². The van der Waals surface area contributed by atoms with Crippen LogP contribution in [0.3, 0.4) is 0 Å². The number of hydrogen-bond acceptors (Lipinski definition) is 8. The Morgan fingerprint density at radius 3 is 1.76 bits per heavy atom. The van der Waals surface area contributed by atoms with E-state index in [4.69, 9.17) is 4.42 Å². The molecule has 0 aliphatic rings. The molecule has 0 saturated heterocycles. The van der Waals surface area contributed by atoms with Crippen LogP contribution in [0.15, 0.2) is 260 Å². The smallest absolute Gasteiger partial charge is 0.137 e. The number of imidazole rings is 1. The van der Waals surface area contributed by atoms with Gasteiger partial charge >= 0.3 is 0 Å². The molecule has 352 valence electrons. The third-order valence-electron chi connectivity index (χ3n) is 10.8. The first-order valence-electron chi connectivity index (χ1n) is 22.9. The van der Waals surface area contributed by atoms with Gasteiger partial charge in [0.1, 0.15) is 22.3 Å². The molecule has 0 atom stereocenters. The van der Waals surface area contributed by atoms with Crippen LogP contribution >= 0.6 is 11.3 Å². The summed E-state index contributed by atoms with van der Waals surface area (Å²) >= 11 is 1.79. The Labute approximate surface area is 416 Å². The highest BCUT2D eigenvalue weighted by Gasteiger charge is 1.94. The van der Waals surface area contributed by atoms with Crippen LogP contribution in [0, 0.1) is 0 Å². The highest BCUT2D eigenvalue weighted by atomic mass is 32.1. The molecule has 0 unspecified atom stereocenters. The van der Waals surface area contributed by atoms with Gasteiger partial charge in [-0.1, -0.05) is 97.1 Å². The van der Waals surface area contributed by atoms with E-state index >= 15 is 0 Å². The second-order valence-corrected chi connectivity index (χ2v) is 16.5. The maximum absolute atomic E-state index is 5.12. The monoisotopic (exact) mass is 960 g/mol. The maximum atomic E-state index is 5.12. The van der Waals surface area contributed by atoms with Gasteiger partial charge in [-0.25, -0.2) is 9.97 Å². The Bertz CT molecular complexity index is 3050. The number of nitrogens with one attached hydrogen (secondary N) is 6. The third kappa shape index (κ3) is 13.2. The summed E-state index contributed by atoms with van der Waals surface area (Å²) in [6, 6.07) is 64.3. The molecule has 0 fully saturated rings. The minimum absolute atomic E-state index is 0.914. The molecule has 0 saturated carbocycles. The molecule has 16 aromatic rings. The van der Waals surface area contributed by atoms with Gasteiger partial charge in [0, 0.05) is 62.7 Å². The van der Waals surface area contributed by atoms with Crippen LogP contribution in [-0.4, -0.2) is 60.5 Å². The van der Waals surface area contributed by atoms with E-state index in [1.54, 1.807) is 36.3 Å². The van der Waals surface area contributed by atoms with Crippen LogP contribution in [0.4, 0.5) is 0 Å². The first-order valence-corrected chi connectivity index (χ1v) is 23.7. The molecular formula is C58H48N12OS. The number of furan rings is 1. The zero-order chi connectivity index (χ0) is 48.8. The molecule has 13 nitrogen and oxygen atoms in total. The predicted octanol–water partition coefficient (Wildman–Crippen LogP) is 14.7. The quantitative estimate of drug-likeness (QED) is 0.0873. The second-order valence-electron chi connectivity index (χ2n) is 15.5. The third-order valence-corrected chi connectivity index (χ3v) is 11.7. The molecule has 10 aromatic heterocycles. The van der Waals surface area contributed by atoms with Gasteiger partial charge in [-0.2, -0.15) is 20.5 Å². The number of rotatable bonds is 0. The Hall–Kier alpha value is -9.92. The molecule has 0 bridgehead atoms. The van der Waals surface area contributed by atoms with Gasteiger partial charge in [0.25, 0.3) is 0 Å². The lowest BCUT2D eigenvalue weighted by Crippen LogP contribution is -1.70. The topological polar surface area (TPSA) is 185 Å². The number of para-hydroxylation sites is 7. The zero-order valence-electron chi connectivity index (χ0n) is 38.7. The van der Waals surface area contributed by atoms with Crippen molar-refractivity contribution in [1.82, 2.24) is 60.5 Å². The summed E-state index contributed by atoms with van der Waals surface area (Å²) in [5.74, 6) is 0. The molecule has 10 heterocycles. The summed E-state index contributed by atoms with van der Waals surface area (Å²) in [5, 5.41) is 26.5. The summed E-state index contributed by atoms with van der Waals surface area (Å²) in [6.07, 6.45) is 16.3. The number of aromatic amines is 6. The molecule has 0 spiro atoms. The molecule has 6 N–H and O–H groups in total. The van der Waals surface area contributed by atoms with Crippen LogP contribution in [-0.2, 0) is 0 Å². The number of aromatic nitrogens is 12. The fourth-order valence-electron chi connectivity index (χ4n) is 7.13. The summed E-state index contributed by atoms with van der Waals surface area (Å²) < 4.78 is 6.49. The van der Waals surface area contributed by atoms with E-state index in [-0.39, 0.29) is 0 Å². The first kappa shape index (κ1) is 47.2. The van der Waals surface area contributed by atoms with Crippen molar-refractivity contribution in [2.24, 2.45) is 0 Å². The Kier molecular flexibility index (Phi) is 16.3. The van der Waals surface area contributed by atoms with Gasteiger partial charge in [0.05, 0.1) is 47.1 Å². The number of benzene rings is 6. The first-order chi connectivity index (χ1) is 35.7. The zero-order valence-corrected chi connectivity index (χ0v) is 39.6. The lowest BCUT2D eigenvalue weighted by atomic mass is 10.3. The van der Waals surface area contributed by atoms with E-state index in [0.29, 0.717) is 0 Å². The van der Waals surface area contributed by atoms with Crippen molar-refractivity contribution < 1.29 is 4.42 Å². The molecule has 72 heavy (non-hydrogen) atoms. The van der Waals surface area contributed by atoms with Gasteiger partial charge in [0.15, 0.2) is 0 Å². The lowest BCUT2D eigenvalue weighted by molar-refractivity contribution is 0.616. The van der Waals surface area contributed by atoms with Crippen LogP contribution < -0.4 is 0 Å². The number of thiophene rings is 1. The average Bonchev–Trinajstić information content (AvgIpc) is 4.31. The van der Waals surface area contributed by atoms with Crippen LogP contribution in [0.2, 0.25) is 0 Å². The van der Waals surface area contributed by atoms with E-state index in [1.165, 1.54) is 26.4 Å². The number of nitrogens with zero attached hydrogens (tertiary/aromatic N) is 6. The minimum atomic E-state index is 0.914. The fourth-order valence-corrected chi connectivity index (χ4v) is 7.92. The Balaban J connectivity index is 0.000000102. The fraction of sp³-hybridized carbons (Fsp3) is 0. The van der Waals surface area contributed by atoms with Gasteiger partial charge in [-0.3, -0.25) is 10.1 Å². The number of hydrogen-bond donors (Lipinski definition) is 6. The lowest BCUT2D eigenvalue weighted by Gasteiger charge is -1.83. The predicted molar refractivity (Wildman–Crippen MR) is 295 cm³/mol. The van der Waals surface area contributed by atoms with Crippen molar-refractivity contribution in [2.75, 3.05) is 0 Å². The van der Waals surface area contributed by atoms with Crippen molar-refractivity contribution in [3.05, 3.63) is 255 Å². The van der Waals surface area contributed by atoms with Crippen molar-refractivity contribution in [3.63, 3.8) is 0 Å². The molecule has 0 aliphatic carbocycles. The van der Waals surface area contributed by atoms with Crippen molar-refractivity contribution in [2.45, 2.75) is 0 Å². The maximum Gasteiger partial charge on any atom is 0.137 e. The standard InChI is InChI=1S/C8H7N.C8H6O.C8H6S.4C7H6N2.C6H5N3/c3*1-2-4-8-7(3-1)5-6-9-8;1-3-8-5-7-6(1)2-4-9-7;1-2-6-3-5-9-7(6)8-4-1;1-2-4-7-6(3-1)8-5-9-7;1-2-4-7-6(3-1)5-8-9-7;1-2-4-6-5(3-1)7-9-8-6/h1-6,9H;2*1-6H;1-5,9H;3*1-5H,(H,8,9);1-4H,(H,7,8,9). The largest absolute Gasteiger partial charge is 0.464 e. The highest BCUT2D eigenvalue weighted by molar-refractivity contribution is 7.17. The number of pyridine rings is 2. The molecular weight excluding hydrogens is 913 g/mol. The summed E-state index contributed by atoms with van der Waals surface area (Å²) in [5.41, 5.74) is 9.26. The minimum Gasteiger partial charge on any atom is -0.464 e. The highest BCUT2D eigenvalue weighted by Crippen LogP contribution is 2.19. The molecule has 16 rings (SSSR count). The average molecular weight is 961 g/mol. The molecule has 6 aromatic carbocycles. The molecule has 0 amide bonds. The number of H-pyrrole nitrogens is 6. The van der Waals surface area contributed by atoms with Gasteiger partial charge in [-0.15, -0.1) is 11.3 Å². The van der Waals surface area contributed by atoms with Gasteiger partial charge < -0.3 is 24.4 Å². The molecule has 0 aliphatic heterocycles. The van der Waals surface area contributed by atoms with Crippen molar-refractivity contribution in [1.29, 1.82) is 0 Å². The number of fused-ring (bicyclic) bond motifs is 8. The second kappa shape index (κ2) is 24.9. The van der Waals surface area contributed by atoms with E-state index in [0.717, 1.165) is 60.5 Å². The summed E-state index contributed by atoms with van der Waals surface area (Å²) in [7, 11) is 0. The molecule has 14 heteroatoms. The van der Waals surface area contributed by atoms with E-state index in [1.807, 2.05) is 177 Å². The SMILES string of the molecule is c1cc2cc[nH]c2cn1.c1ccc2[nH]ccc2c1.c1ccc2[nH]cnc2c1.c1ccc2[nH]ncc2c1.c1ccc2n[nH]nc2c1.c1ccc2occc2c1.c1ccc2sccc2c1.c1cnc2[nH]ccc2c1. The summed E-state index contributed by atoms with van der Waals surface area (Å²) in [6.45, 7) is 0. The van der Waals surface area contributed by atoms with Crippen LogP contribution in [0.25, 0.3) is 86.9 Å². The van der Waals surface area contributed by atoms with Crippen molar-refractivity contribution in [3.8, 4) is 0 Å². The molecule has 0 radical (unpaired) electrons. The van der Waals surface area contributed by atoms with Crippen LogP contribution in [0.5, 0.6) is 0 Å². The summed E-state index contributed by atoms with van der Waals surface area (Å²) in [4.78, 5) is 24.3. The van der Waals surface area contributed by atoms with E-state index < -0.39 is 0 Å². The van der Waals surface area contributed by atoms with Gasteiger partial charge in [-0.05, 0) is 113 Å².